The Labute approximate surface area is 467 Å². The zero-order valence-electron chi connectivity index (χ0n) is 49.5. The van der Waals surface area contributed by atoms with Crippen molar-refractivity contribution in [3.05, 3.63) is 109 Å². The Morgan fingerprint density at radius 3 is 1.12 bits per heavy atom. The molecule has 76 heavy (non-hydrogen) atoms. The van der Waals surface area contributed by atoms with Crippen molar-refractivity contribution in [3.63, 3.8) is 0 Å². The van der Waals surface area contributed by atoms with E-state index in [4.69, 9.17) is 18.5 Å². The number of hydrogen-bond donors (Lipinski definition) is 1. The highest BCUT2D eigenvalue weighted by atomic mass is 31.2. The number of phosphoric acid groups is 1. The fraction of sp³-hybridized carbons (Fsp3) is 0.697. The Balaban J connectivity index is 4.18. The van der Waals surface area contributed by atoms with Crippen LogP contribution in [0.3, 0.4) is 0 Å². The highest BCUT2D eigenvalue weighted by Crippen LogP contribution is 2.43. The molecule has 9 nitrogen and oxygen atoms in total. The fourth-order valence-corrected chi connectivity index (χ4v) is 8.83. The molecule has 0 rings (SSSR count). The molecule has 0 saturated heterocycles. The Morgan fingerprint density at radius 2 is 0.750 bits per heavy atom. The van der Waals surface area contributed by atoms with E-state index < -0.39 is 26.5 Å². The van der Waals surface area contributed by atoms with Crippen LogP contribution >= 0.6 is 7.82 Å². The Kier molecular flexibility index (Phi) is 53.9. The third-order valence-corrected chi connectivity index (χ3v) is 13.8. The predicted octanol–water partition coefficient (Wildman–Crippen LogP) is 19.4. The number of phosphoric ester groups is 1. The number of ether oxygens (including phenoxy) is 2. The molecule has 436 valence electrons. The lowest BCUT2D eigenvalue weighted by Gasteiger charge is -2.24. The summed E-state index contributed by atoms with van der Waals surface area (Å²) in [5.41, 5.74) is 0. The van der Waals surface area contributed by atoms with Crippen LogP contribution in [0, 0.1) is 0 Å². The van der Waals surface area contributed by atoms with Crippen LogP contribution in [0.2, 0.25) is 0 Å². The second-order valence-corrected chi connectivity index (χ2v) is 22.8. The van der Waals surface area contributed by atoms with E-state index in [1.54, 1.807) is 0 Å². The Bertz CT molecular complexity index is 1650. The first-order valence-corrected chi connectivity index (χ1v) is 32.1. The number of hydrogen-bond acceptors (Lipinski definition) is 7. The molecule has 0 spiro atoms. The molecule has 0 aromatic rings. The monoisotopic (exact) mass is 1080 g/mol. The van der Waals surface area contributed by atoms with Gasteiger partial charge in [0.1, 0.15) is 19.8 Å². The van der Waals surface area contributed by atoms with Gasteiger partial charge >= 0.3 is 19.8 Å². The largest absolute Gasteiger partial charge is 0.472 e. The van der Waals surface area contributed by atoms with Gasteiger partial charge in [-0.3, -0.25) is 18.6 Å². The molecule has 0 radical (unpaired) electrons. The van der Waals surface area contributed by atoms with E-state index in [0.717, 1.165) is 96.3 Å². The van der Waals surface area contributed by atoms with E-state index in [1.165, 1.54) is 116 Å². The van der Waals surface area contributed by atoms with Crippen LogP contribution in [0.4, 0.5) is 0 Å². The van der Waals surface area contributed by atoms with E-state index in [9.17, 15) is 19.0 Å². The molecule has 0 aliphatic heterocycles. The molecule has 0 saturated carbocycles. The zero-order chi connectivity index (χ0) is 55.6. The number of likely N-dealkylation sites (N-methyl/N-ethyl adjacent to an activating group) is 1. The topological polar surface area (TPSA) is 108 Å². The van der Waals surface area contributed by atoms with E-state index in [-0.39, 0.29) is 32.0 Å². The minimum absolute atomic E-state index is 0.0246. The molecule has 0 amide bonds. The summed E-state index contributed by atoms with van der Waals surface area (Å²) in [6, 6.07) is 0. The van der Waals surface area contributed by atoms with Crippen molar-refractivity contribution < 1.29 is 42.1 Å². The molecule has 0 aromatic heterocycles. The molecule has 0 aromatic carbocycles. The Morgan fingerprint density at radius 1 is 0.421 bits per heavy atom. The summed E-state index contributed by atoms with van der Waals surface area (Å²) in [4.78, 5) is 35.7. The number of esters is 2. The standard InChI is InChI=1S/C66H114NO8P/c1-6-8-10-12-14-16-18-20-22-24-26-28-29-30-31-32-33-34-35-36-37-39-41-43-45-47-49-51-53-55-57-59-66(69)75-64(63-74-76(70,71)73-61-60-67(3,4)5)62-72-65(68)58-56-54-52-50-48-46-44-42-40-38-27-25-23-21-19-17-15-13-11-9-7-2/h8,10,14,16,19-22,25-28,30-31,33-34,36-37,64H,6-7,9,11-13,15,17-18,23-24,29,32,35,38-63H2,1-5H3/p+1/b10-8-,16-14-,21-19-,22-20-,27-25-,28-26-,31-30-,34-33-,37-36-. The van der Waals surface area contributed by atoms with Gasteiger partial charge < -0.3 is 18.9 Å². The lowest BCUT2D eigenvalue weighted by atomic mass is 10.1. The molecule has 0 heterocycles. The summed E-state index contributed by atoms with van der Waals surface area (Å²) in [7, 11) is 1.46. The summed E-state index contributed by atoms with van der Waals surface area (Å²) < 4.78 is 34.6. The third kappa shape index (κ3) is 59.9. The van der Waals surface area contributed by atoms with Crippen LogP contribution in [-0.2, 0) is 32.7 Å². The summed E-state index contributed by atoms with van der Waals surface area (Å²) in [5.74, 6) is -0.812. The summed E-state index contributed by atoms with van der Waals surface area (Å²) in [6.07, 6.45) is 78.7. The van der Waals surface area contributed by atoms with Crippen LogP contribution in [0.5, 0.6) is 0 Å². The van der Waals surface area contributed by atoms with Crippen molar-refractivity contribution in [2.75, 3.05) is 47.5 Å². The SMILES string of the molecule is CC/C=C\C/C=C\C/C=C\C/C=C\C/C=C\C/C=C\C/C=C\CCCCCCCCCCCC(=O)OC(COC(=O)CCCCCCCCCCC/C=C\C/C=C\CCCCCCC)COP(=O)(O)OCC[N+](C)(C)C. The second-order valence-electron chi connectivity index (χ2n) is 21.4. The van der Waals surface area contributed by atoms with Gasteiger partial charge in [-0.1, -0.05) is 239 Å². The summed E-state index contributed by atoms with van der Waals surface area (Å²) >= 11 is 0. The van der Waals surface area contributed by atoms with E-state index in [0.29, 0.717) is 17.4 Å². The number of nitrogens with zero attached hydrogens (tertiary/aromatic N) is 1. The maximum absolute atomic E-state index is 12.8. The van der Waals surface area contributed by atoms with Gasteiger partial charge in [-0.2, -0.15) is 0 Å². The van der Waals surface area contributed by atoms with E-state index in [1.807, 2.05) is 21.1 Å². The maximum Gasteiger partial charge on any atom is 0.472 e. The van der Waals surface area contributed by atoms with Crippen LogP contribution in [0.25, 0.3) is 0 Å². The number of rotatable bonds is 55. The van der Waals surface area contributed by atoms with Crippen LogP contribution in [-0.4, -0.2) is 74.9 Å². The third-order valence-electron chi connectivity index (χ3n) is 12.8. The van der Waals surface area contributed by atoms with Gasteiger partial charge in [0.15, 0.2) is 6.10 Å². The van der Waals surface area contributed by atoms with Crippen molar-refractivity contribution in [2.45, 2.75) is 251 Å². The van der Waals surface area contributed by atoms with Gasteiger partial charge in [-0.25, -0.2) is 4.57 Å². The van der Waals surface area contributed by atoms with Crippen molar-refractivity contribution in [2.24, 2.45) is 0 Å². The molecule has 10 heteroatoms. The van der Waals surface area contributed by atoms with Crippen LogP contribution < -0.4 is 0 Å². The summed E-state index contributed by atoms with van der Waals surface area (Å²) in [6.45, 7) is 4.30. The minimum Gasteiger partial charge on any atom is -0.462 e. The highest BCUT2D eigenvalue weighted by Gasteiger charge is 2.27. The maximum atomic E-state index is 12.8. The van der Waals surface area contributed by atoms with Gasteiger partial charge in [0.25, 0.3) is 0 Å². The molecule has 0 bridgehead atoms. The second kappa shape index (κ2) is 56.4. The highest BCUT2D eigenvalue weighted by molar-refractivity contribution is 7.47. The molecule has 2 unspecified atom stereocenters. The quantitative estimate of drug-likeness (QED) is 0.0211. The first-order valence-electron chi connectivity index (χ1n) is 30.6. The van der Waals surface area contributed by atoms with Crippen LogP contribution in [0.15, 0.2) is 109 Å². The molecule has 2 atom stereocenters. The minimum atomic E-state index is -4.40. The van der Waals surface area contributed by atoms with E-state index in [2.05, 4.69) is 123 Å². The normalized spacial score (nSPS) is 14.0. The lowest BCUT2D eigenvalue weighted by Crippen LogP contribution is -2.37. The van der Waals surface area contributed by atoms with Gasteiger partial charge in [0.2, 0.25) is 0 Å². The van der Waals surface area contributed by atoms with Crippen molar-refractivity contribution in [1.29, 1.82) is 0 Å². The summed E-state index contributed by atoms with van der Waals surface area (Å²) in [5, 5.41) is 0. The first kappa shape index (κ1) is 72.7. The molecule has 0 aliphatic rings. The number of quaternary nitrogens is 1. The average molecular weight is 1080 g/mol. The molecule has 1 N–H and O–H groups in total. The number of carbonyl (C=O) groups excluding carboxylic acids is 2. The molecule has 0 aliphatic carbocycles. The zero-order valence-corrected chi connectivity index (χ0v) is 50.3. The Hall–Kier alpha value is -3.33. The van der Waals surface area contributed by atoms with Crippen molar-refractivity contribution >= 4 is 19.8 Å². The van der Waals surface area contributed by atoms with Crippen molar-refractivity contribution in [1.82, 2.24) is 0 Å². The smallest absolute Gasteiger partial charge is 0.462 e. The molecular weight excluding hydrogens is 966 g/mol. The van der Waals surface area contributed by atoms with Gasteiger partial charge in [0, 0.05) is 12.8 Å². The number of unbranched alkanes of at least 4 members (excludes halogenated alkanes) is 23. The predicted molar refractivity (Wildman–Crippen MR) is 325 cm³/mol. The van der Waals surface area contributed by atoms with Gasteiger partial charge in [0.05, 0.1) is 27.7 Å². The lowest BCUT2D eigenvalue weighted by molar-refractivity contribution is -0.870. The van der Waals surface area contributed by atoms with Crippen LogP contribution in [0.1, 0.15) is 245 Å². The number of carbonyl (C=O) groups is 2. The fourth-order valence-electron chi connectivity index (χ4n) is 8.08. The van der Waals surface area contributed by atoms with Crippen molar-refractivity contribution in [3.8, 4) is 0 Å². The van der Waals surface area contributed by atoms with E-state index >= 15 is 0 Å². The van der Waals surface area contributed by atoms with Gasteiger partial charge in [-0.05, 0) is 103 Å². The first-order chi connectivity index (χ1) is 37.0. The number of allylic oxidation sites excluding steroid dienone is 18. The molecule has 0 fully saturated rings. The average Bonchev–Trinajstić information content (AvgIpc) is 3.38. The molecular formula is C66H115NO8P+. The van der Waals surface area contributed by atoms with Gasteiger partial charge in [-0.15, -0.1) is 0 Å².